The molecule has 0 aromatic heterocycles. The summed E-state index contributed by atoms with van der Waals surface area (Å²) >= 11 is 0. The molecule has 0 radical (unpaired) electrons. The Morgan fingerprint density at radius 3 is 2.45 bits per heavy atom. The van der Waals surface area contributed by atoms with E-state index in [0.29, 0.717) is 6.42 Å². The highest BCUT2D eigenvalue weighted by Crippen LogP contribution is 2.31. The summed E-state index contributed by atoms with van der Waals surface area (Å²) in [6, 6.07) is 0.281. The van der Waals surface area contributed by atoms with Gasteiger partial charge < -0.3 is 20.4 Å². The van der Waals surface area contributed by atoms with Crippen LogP contribution in [-0.4, -0.2) is 98.1 Å². The van der Waals surface area contributed by atoms with Crippen LogP contribution in [0.5, 0.6) is 0 Å². The summed E-state index contributed by atoms with van der Waals surface area (Å²) in [5.74, 6) is 1.15. The van der Waals surface area contributed by atoms with Gasteiger partial charge in [-0.1, -0.05) is 6.42 Å². The number of piperidine rings is 3. The first-order chi connectivity index (χ1) is 13.5. The number of rotatable bonds is 5. The van der Waals surface area contributed by atoms with Crippen LogP contribution in [0.3, 0.4) is 0 Å². The second kappa shape index (κ2) is 11.7. The number of carbonyl (C=O) groups is 1. The molecule has 3 heterocycles. The van der Waals surface area contributed by atoms with Gasteiger partial charge in [-0.2, -0.15) is 0 Å². The molecular formula is C21H41IN6O. The number of hydrogen-bond acceptors (Lipinski definition) is 4. The summed E-state index contributed by atoms with van der Waals surface area (Å²) in [7, 11) is 4.12. The standard InChI is InChI=1S/C21H40N6O.HI/c1-4-22-20(24-18-8-9-19(28)26(3)16-18)23-17-21(10-14-25(2)15-11-21)27-12-6-5-7-13-27;/h18H,4-17H2,1-3H3,(H2,22,23,24);1H. The summed E-state index contributed by atoms with van der Waals surface area (Å²) < 4.78 is 0. The fourth-order valence-electron chi connectivity index (χ4n) is 4.85. The van der Waals surface area contributed by atoms with Crippen molar-refractivity contribution in [1.29, 1.82) is 0 Å². The van der Waals surface area contributed by atoms with Crippen LogP contribution in [0.25, 0.3) is 0 Å². The first kappa shape index (κ1) is 24.7. The number of carbonyl (C=O) groups excluding carboxylic acids is 1. The first-order valence-electron chi connectivity index (χ1n) is 11.2. The van der Waals surface area contributed by atoms with Gasteiger partial charge in [0.2, 0.25) is 5.91 Å². The van der Waals surface area contributed by atoms with Crippen LogP contribution in [0.2, 0.25) is 0 Å². The summed E-state index contributed by atoms with van der Waals surface area (Å²) in [5, 5.41) is 7.02. The third-order valence-corrected chi connectivity index (χ3v) is 6.79. The van der Waals surface area contributed by atoms with E-state index in [2.05, 4.69) is 34.4 Å². The molecule has 168 valence electrons. The van der Waals surface area contributed by atoms with Crippen LogP contribution in [0.1, 0.15) is 51.9 Å². The molecule has 1 atom stereocenters. The minimum atomic E-state index is 0. The topological polar surface area (TPSA) is 63.2 Å². The van der Waals surface area contributed by atoms with Gasteiger partial charge in [0.05, 0.1) is 6.54 Å². The number of halogens is 1. The number of nitrogens with one attached hydrogen (secondary N) is 2. The molecule has 3 fully saturated rings. The van der Waals surface area contributed by atoms with Gasteiger partial charge >= 0.3 is 0 Å². The monoisotopic (exact) mass is 520 g/mol. The lowest BCUT2D eigenvalue weighted by molar-refractivity contribution is -0.132. The van der Waals surface area contributed by atoms with Crippen LogP contribution >= 0.6 is 24.0 Å². The second-order valence-electron chi connectivity index (χ2n) is 8.92. The smallest absolute Gasteiger partial charge is 0.222 e. The number of likely N-dealkylation sites (tertiary alicyclic amines) is 3. The zero-order valence-electron chi connectivity index (χ0n) is 18.6. The normalized spacial score (nSPS) is 26.7. The Morgan fingerprint density at radius 1 is 1.14 bits per heavy atom. The molecule has 0 aliphatic carbocycles. The van der Waals surface area contributed by atoms with E-state index in [1.165, 1.54) is 45.2 Å². The van der Waals surface area contributed by atoms with E-state index in [4.69, 9.17) is 4.99 Å². The Morgan fingerprint density at radius 2 is 1.83 bits per heavy atom. The van der Waals surface area contributed by atoms with E-state index in [1.807, 2.05) is 11.9 Å². The molecule has 8 heteroatoms. The van der Waals surface area contributed by atoms with Crippen LogP contribution in [-0.2, 0) is 4.79 Å². The second-order valence-corrected chi connectivity index (χ2v) is 8.92. The molecule has 3 aliphatic heterocycles. The van der Waals surface area contributed by atoms with Gasteiger partial charge in [-0.15, -0.1) is 24.0 Å². The van der Waals surface area contributed by atoms with Crippen LogP contribution in [0.4, 0.5) is 0 Å². The number of guanidine groups is 1. The summed E-state index contributed by atoms with van der Waals surface area (Å²) in [4.78, 5) is 23.9. The van der Waals surface area contributed by atoms with E-state index in [-0.39, 0.29) is 41.5 Å². The Bertz CT molecular complexity index is 543. The van der Waals surface area contributed by atoms with Gasteiger partial charge in [-0.25, -0.2) is 0 Å². The fraction of sp³-hybridized carbons (Fsp3) is 0.905. The first-order valence-corrected chi connectivity index (χ1v) is 11.2. The lowest BCUT2D eigenvalue weighted by Crippen LogP contribution is -2.59. The van der Waals surface area contributed by atoms with E-state index in [0.717, 1.165) is 45.1 Å². The minimum Gasteiger partial charge on any atom is -0.357 e. The molecule has 0 bridgehead atoms. The van der Waals surface area contributed by atoms with Gasteiger partial charge in [0.25, 0.3) is 0 Å². The van der Waals surface area contributed by atoms with Crippen molar-refractivity contribution in [2.75, 3.05) is 59.9 Å². The quantitative estimate of drug-likeness (QED) is 0.329. The molecule has 0 saturated carbocycles. The predicted octanol–water partition coefficient (Wildman–Crippen LogP) is 1.73. The molecule has 0 spiro atoms. The summed E-state index contributed by atoms with van der Waals surface area (Å²) in [6.45, 7) is 9.34. The van der Waals surface area contributed by atoms with Gasteiger partial charge in [0, 0.05) is 38.1 Å². The van der Waals surface area contributed by atoms with Crippen LogP contribution in [0.15, 0.2) is 4.99 Å². The SMILES string of the molecule is CCNC(=NCC1(N2CCCCC2)CCN(C)CC1)NC1CCC(=O)N(C)C1.I. The van der Waals surface area contributed by atoms with Crippen molar-refractivity contribution in [2.24, 2.45) is 4.99 Å². The molecule has 1 unspecified atom stereocenters. The average molecular weight is 521 g/mol. The number of likely N-dealkylation sites (N-methyl/N-ethyl adjacent to an activating group) is 1. The highest BCUT2D eigenvalue weighted by molar-refractivity contribution is 14.0. The van der Waals surface area contributed by atoms with E-state index >= 15 is 0 Å². The zero-order chi connectivity index (χ0) is 20.0. The number of nitrogens with zero attached hydrogens (tertiary/aromatic N) is 4. The average Bonchev–Trinajstić information content (AvgIpc) is 2.71. The molecule has 29 heavy (non-hydrogen) atoms. The zero-order valence-corrected chi connectivity index (χ0v) is 20.9. The van der Waals surface area contributed by atoms with Gasteiger partial charge in [-0.3, -0.25) is 14.7 Å². The van der Waals surface area contributed by atoms with Crippen LogP contribution in [0, 0.1) is 0 Å². The number of aliphatic imine (C=N–C) groups is 1. The van der Waals surface area contributed by atoms with Gasteiger partial charge in [0.1, 0.15) is 0 Å². The highest BCUT2D eigenvalue weighted by Gasteiger charge is 2.39. The molecule has 7 nitrogen and oxygen atoms in total. The molecule has 3 aliphatic rings. The largest absolute Gasteiger partial charge is 0.357 e. The molecule has 3 saturated heterocycles. The van der Waals surface area contributed by atoms with Crippen molar-refractivity contribution in [3.8, 4) is 0 Å². The van der Waals surface area contributed by atoms with E-state index < -0.39 is 0 Å². The third-order valence-electron chi connectivity index (χ3n) is 6.79. The van der Waals surface area contributed by atoms with Crippen molar-refractivity contribution in [2.45, 2.75) is 63.5 Å². The van der Waals surface area contributed by atoms with Crippen molar-refractivity contribution >= 4 is 35.8 Å². The molecule has 2 N–H and O–H groups in total. The van der Waals surface area contributed by atoms with E-state index in [1.54, 1.807) is 0 Å². The van der Waals surface area contributed by atoms with Crippen molar-refractivity contribution in [3.63, 3.8) is 0 Å². The maximum absolute atomic E-state index is 11.8. The van der Waals surface area contributed by atoms with Crippen molar-refractivity contribution in [1.82, 2.24) is 25.3 Å². The lowest BCUT2D eigenvalue weighted by atomic mass is 9.84. The number of amides is 1. The molecule has 1 amide bonds. The third kappa shape index (κ3) is 6.69. The lowest BCUT2D eigenvalue weighted by Gasteiger charge is -2.49. The molecular weight excluding hydrogens is 479 g/mol. The van der Waals surface area contributed by atoms with Gasteiger partial charge in [-0.05, 0) is 72.3 Å². The molecule has 3 rings (SSSR count). The predicted molar refractivity (Wildman–Crippen MR) is 130 cm³/mol. The summed E-state index contributed by atoms with van der Waals surface area (Å²) in [5.41, 5.74) is 0.203. The van der Waals surface area contributed by atoms with Crippen molar-refractivity contribution < 1.29 is 4.79 Å². The highest BCUT2D eigenvalue weighted by atomic mass is 127. The van der Waals surface area contributed by atoms with Crippen molar-refractivity contribution in [3.05, 3.63) is 0 Å². The molecule has 0 aromatic carbocycles. The van der Waals surface area contributed by atoms with E-state index in [9.17, 15) is 4.79 Å². The van der Waals surface area contributed by atoms with Gasteiger partial charge in [0.15, 0.2) is 5.96 Å². The maximum atomic E-state index is 11.8. The summed E-state index contributed by atoms with van der Waals surface area (Å²) in [6.07, 6.45) is 7.92. The Kier molecular flexibility index (Phi) is 9.94. The fourth-order valence-corrected chi connectivity index (χ4v) is 4.85. The Hall–Kier alpha value is -0.610. The number of hydrogen-bond donors (Lipinski definition) is 2. The van der Waals surface area contributed by atoms with Crippen LogP contribution < -0.4 is 10.6 Å². The Labute approximate surface area is 194 Å². The Balaban J connectivity index is 0.00000300. The minimum absolute atomic E-state index is 0. The maximum Gasteiger partial charge on any atom is 0.222 e. The molecule has 0 aromatic rings.